The zero-order valence-corrected chi connectivity index (χ0v) is 11.3. The molecule has 0 radical (unpaired) electrons. The van der Waals surface area contributed by atoms with Crippen molar-refractivity contribution in [3.05, 3.63) is 53.6 Å². The molecule has 0 spiro atoms. The van der Waals surface area contributed by atoms with E-state index < -0.39 is 11.7 Å². The first-order valence-corrected chi connectivity index (χ1v) is 6.36. The van der Waals surface area contributed by atoms with Crippen LogP contribution in [0.25, 0.3) is 11.1 Å². The number of alkyl halides is 3. The van der Waals surface area contributed by atoms with E-state index in [0.29, 0.717) is 22.7 Å². The summed E-state index contributed by atoms with van der Waals surface area (Å²) in [6.45, 7) is 4.07. The van der Waals surface area contributed by atoms with Crippen molar-refractivity contribution >= 4 is 5.69 Å². The minimum atomic E-state index is -4.36. The van der Waals surface area contributed by atoms with Crippen molar-refractivity contribution in [2.75, 3.05) is 5.73 Å². The van der Waals surface area contributed by atoms with Gasteiger partial charge >= 0.3 is 6.18 Å². The van der Waals surface area contributed by atoms with Crippen LogP contribution >= 0.6 is 0 Å². The first-order chi connectivity index (χ1) is 9.29. The van der Waals surface area contributed by atoms with Crippen LogP contribution in [0.4, 0.5) is 18.9 Å². The number of rotatable bonds is 2. The monoisotopic (exact) mass is 279 g/mol. The van der Waals surface area contributed by atoms with Crippen LogP contribution < -0.4 is 5.73 Å². The molecule has 2 N–H and O–H groups in total. The molecule has 0 aliphatic heterocycles. The summed E-state index contributed by atoms with van der Waals surface area (Å²) in [6.07, 6.45) is -4.36. The van der Waals surface area contributed by atoms with E-state index in [0.717, 1.165) is 17.7 Å². The molecule has 0 aromatic heterocycles. The minimum Gasteiger partial charge on any atom is -0.398 e. The molecule has 4 heteroatoms. The van der Waals surface area contributed by atoms with Crippen LogP contribution in [0.5, 0.6) is 0 Å². The molecular formula is C16H16F3N. The number of hydrogen-bond donors (Lipinski definition) is 1. The number of halogens is 3. The van der Waals surface area contributed by atoms with Gasteiger partial charge in [-0.2, -0.15) is 13.2 Å². The first kappa shape index (κ1) is 14.4. The highest BCUT2D eigenvalue weighted by Gasteiger charge is 2.30. The maximum Gasteiger partial charge on any atom is 0.416 e. The van der Waals surface area contributed by atoms with Crippen molar-refractivity contribution < 1.29 is 13.2 Å². The van der Waals surface area contributed by atoms with Gasteiger partial charge in [-0.05, 0) is 35.2 Å². The summed E-state index contributed by atoms with van der Waals surface area (Å²) in [5, 5.41) is 0. The number of hydrogen-bond acceptors (Lipinski definition) is 1. The second-order valence-corrected chi connectivity index (χ2v) is 5.08. The molecule has 20 heavy (non-hydrogen) atoms. The Morgan fingerprint density at radius 1 is 1.00 bits per heavy atom. The van der Waals surface area contributed by atoms with E-state index in [1.807, 2.05) is 32.0 Å². The summed E-state index contributed by atoms with van der Waals surface area (Å²) in [5.41, 5.74) is 7.68. The Hall–Kier alpha value is -1.97. The zero-order valence-electron chi connectivity index (χ0n) is 11.3. The van der Waals surface area contributed by atoms with Gasteiger partial charge in [0.15, 0.2) is 0 Å². The Balaban J connectivity index is 2.54. The minimum absolute atomic E-state index is 0.307. The van der Waals surface area contributed by atoms with Gasteiger partial charge in [-0.1, -0.05) is 38.1 Å². The molecule has 0 aliphatic rings. The van der Waals surface area contributed by atoms with Crippen molar-refractivity contribution in [1.82, 2.24) is 0 Å². The number of benzene rings is 2. The quantitative estimate of drug-likeness (QED) is 0.762. The third kappa shape index (κ3) is 2.95. The maximum atomic E-state index is 12.8. The average Bonchev–Trinajstić information content (AvgIpc) is 2.38. The second-order valence-electron chi connectivity index (χ2n) is 5.08. The molecule has 0 saturated carbocycles. The van der Waals surface area contributed by atoms with Crippen molar-refractivity contribution in [2.45, 2.75) is 25.9 Å². The molecule has 0 saturated heterocycles. The lowest BCUT2D eigenvalue weighted by Gasteiger charge is -2.13. The predicted octanol–water partition coefficient (Wildman–Crippen LogP) is 5.08. The van der Waals surface area contributed by atoms with Crippen molar-refractivity contribution in [1.29, 1.82) is 0 Å². The molecule has 2 aromatic carbocycles. The topological polar surface area (TPSA) is 26.0 Å². The molecular weight excluding hydrogens is 263 g/mol. The molecule has 0 fully saturated rings. The Morgan fingerprint density at radius 3 is 2.30 bits per heavy atom. The summed E-state index contributed by atoms with van der Waals surface area (Å²) >= 11 is 0. The molecule has 0 heterocycles. The fourth-order valence-corrected chi connectivity index (χ4v) is 2.05. The molecule has 0 unspecified atom stereocenters. The van der Waals surface area contributed by atoms with Crippen LogP contribution in [0.3, 0.4) is 0 Å². The maximum absolute atomic E-state index is 12.8. The lowest BCUT2D eigenvalue weighted by atomic mass is 9.95. The van der Waals surface area contributed by atoms with Gasteiger partial charge in [0.05, 0.1) is 5.56 Å². The van der Waals surface area contributed by atoms with Gasteiger partial charge in [0.25, 0.3) is 0 Å². The third-order valence-electron chi connectivity index (χ3n) is 3.24. The molecule has 0 atom stereocenters. The van der Waals surface area contributed by atoms with Gasteiger partial charge in [-0.15, -0.1) is 0 Å². The molecule has 2 aromatic rings. The third-order valence-corrected chi connectivity index (χ3v) is 3.24. The zero-order chi connectivity index (χ0) is 14.9. The first-order valence-electron chi connectivity index (χ1n) is 6.36. The van der Waals surface area contributed by atoms with Crippen molar-refractivity contribution in [3.63, 3.8) is 0 Å². The van der Waals surface area contributed by atoms with Gasteiger partial charge < -0.3 is 5.73 Å². The summed E-state index contributed by atoms with van der Waals surface area (Å²) in [5.74, 6) is 0.307. The summed E-state index contributed by atoms with van der Waals surface area (Å²) in [6, 6.07) is 10.9. The lowest BCUT2D eigenvalue weighted by molar-refractivity contribution is -0.137. The predicted molar refractivity (Wildman–Crippen MR) is 75.4 cm³/mol. The highest BCUT2D eigenvalue weighted by molar-refractivity contribution is 5.77. The Morgan fingerprint density at radius 2 is 1.70 bits per heavy atom. The molecule has 106 valence electrons. The Kier molecular flexibility index (Phi) is 3.75. The summed E-state index contributed by atoms with van der Waals surface area (Å²) < 4.78 is 38.3. The highest BCUT2D eigenvalue weighted by atomic mass is 19.4. The van der Waals surface area contributed by atoms with Gasteiger partial charge in [0, 0.05) is 11.3 Å². The van der Waals surface area contributed by atoms with E-state index in [2.05, 4.69) is 0 Å². The van der Waals surface area contributed by atoms with E-state index in [1.165, 1.54) is 6.07 Å². The van der Waals surface area contributed by atoms with Crippen LogP contribution in [0.2, 0.25) is 0 Å². The fraction of sp³-hybridized carbons (Fsp3) is 0.250. The largest absolute Gasteiger partial charge is 0.416 e. The van der Waals surface area contributed by atoms with Gasteiger partial charge in [0.2, 0.25) is 0 Å². The van der Waals surface area contributed by atoms with Crippen LogP contribution in [0.1, 0.15) is 30.9 Å². The Labute approximate surface area is 116 Å². The van der Waals surface area contributed by atoms with Crippen LogP contribution in [-0.4, -0.2) is 0 Å². The molecule has 0 bridgehead atoms. The number of anilines is 1. The van der Waals surface area contributed by atoms with Crippen LogP contribution in [0.15, 0.2) is 42.5 Å². The van der Waals surface area contributed by atoms with E-state index in [1.54, 1.807) is 6.07 Å². The molecule has 0 aliphatic carbocycles. The molecule has 2 rings (SSSR count). The number of nitrogen functional groups attached to an aromatic ring is 1. The normalized spacial score (nSPS) is 11.9. The van der Waals surface area contributed by atoms with Gasteiger partial charge in [0.1, 0.15) is 0 Å². The van der Waals surface area contributed by atoms with E-state index in [4.69, 9.17) is 5.73 Å². The lowest BCUT2D eigenvalue weighted by Crippen LogP contribution is -2.05. The number of nitrogens with two attached hydrogens (primary N) is 1. The molecule has 0 amide bonds. The van der Waals surface area contributed by atoms with Crippen molar-refractivity contribution in [3.8, 4) is 11.1 Å². The van der Waals surface area contributed by atoms with E-state index >= 15 is 0 Å². The fourth-order valence-electron chi connectivity index (χ4n) is 2.05. The molecule has 1 nitrogen and oxygen atoms in total. The van der Waals surface area contributed by atoms with E-state index in [9.17, 15) is 13.2 Å². The second kappa shape index (κ2) is 5.19. The standard InChI is InChI=1S/C16H16F3N/c1-10(2)11-4-3-5-12(8-11)14-9-13(16(17,18)19)6-7-15(14)20/h3-10H,20H2,1-2H3. The van der Waals surface area contributed by atoms with Gasteiger partial charge in [-0.3, -0.25) is 0 Å². The summed E-state index contributed by atoms with van der Waals surface area (Å²) in [7, 11) is 0. The highest BCUT2D eigenvalue weighted by Crippen LogP contribution is 2.35. The smallest absolute Gasteiger partial charge is 0.398 e. The van der Waals surface area contributed by atoms with E-state index in [-0.39, 0.29) is 0 Å². The van der Waals surface area contributed by atoms with Gasteiger partial charge in [-0.25, -0.2) is 0 Å². The van der Waals surface area contributed by atoms with Crippen LogP contribution in [0, 0.1) is 0 Å². The van der Waals surface area contributed by atoms with Crippen molar-refractivity contribution in [2.24, 2.45) is 0 Å². The Bertz CT molecular complexity index is 615. The average molecular weight is 279 g/mol. The SMILES string of the molecule is CC(C)c1cccc(-c2cc(C(F)(F)F)ccc2N)c1. The summed E-state index contributed by atoms with van der Waals surface area (Å²) in [4.78, 5) is 0. The van der Waals surface area contributed by atoms with Crippen LogP contribution in [-0.2, 0) is 6.18 Å².